The molecule has 1 atom stereocenters. The summed E-state index contributed by atoms with van der Waals surface area (Å²) in [5.41, 5.74) is 1.19. The largest absolute Gasteiger partial charge is 0.451 e. The van der Waals surface area contributed by atoms with E-state index in [0.29, 0.717) is 26.2 Å². The third-order valence-corrected chi connectivity index (χ3v) is 5.01. The highest BCUT2D eigenvalue weighted by Crippen LogP contribution is 2.26. The number of hydrogen-bond donors (Lipinski definition) is 1. The Kier molecular flexibility index (Phi) is 6.04. The van der Waals surface area contributed by atoms with E-state index in [0.717, 1.165) is 0 Å². The first-order valence-corrected chi connectivity index (χ1v) is 9.31. The minimum atomic E-state index is -0.636. The number of tetrazole rings is 1. The second kappa shape index (κ2) is 8.47. The third kappa shape index (κ3) is 4.62. The molecule has 2 aromatic heterocycles. The first-order chi connectivity index (χ1) is 13.0. The normalized spacial score (nSPS) is 11.8. The minimum Gasteiger partial charge on any atom is -0.451 e. The molecule has 0 spiro atoms. The van der Waals surface area contributed by atoms with Crippen molar-refractivity contribution in [3.63, 3.8) is 0 Å². The SMILES string of the molecule is CC(NC(=O)COC(=O)c1sccc1-n1cnnn1)c1ccc(Cl)cc1Cl. The number of amides is 1. The van der Waals surface area contributed by atoms with Gasteiger partial charge < -0.3 is 10.1 Å². The van der Waals surface area contributed by atoms with Crippen LogP contribution < -0.4 is 5.32 Å². The summed E-state index contributed by atoms with van der Waals surface area (Å²) in [6.07, 6.45) is 1.36. The van der Waals surface area contributed by atoms with Gasteiger partial charge >= 0.3 is 5.97 Å². The van der Waals surface area contributed by atoms with Crippen molar-refractivity contribution in [3.8, 4) is 5.69 Å². The zero-order chi connectivity index (χ0) is 19.4. The Bertz CT molecular complexity index is 961. The lowest BCUT2D eigenvalue weighted by molar-refractivity contribution is -0.124. The molecule has 1 amide bonds. The van der Waals surface area contributed by atoms with Crippen molar-refractivity contribution >= 4 is 46.4 Å². The van der Waals surface area contributed by atoms with E-state index in [-0.39, 0.29) is 6.04 Å². The Morgan fingerprint density at radius 1 is 1.33 bits per heavy atom. The molecule has 0 fully saturated rings. The van der Waals surface area contributed by atoms with E-state index in [1.807, 2.05) is 0 Å². The fraction of sp³-hybridized carbons (Fsp3) is 0.188. The number of carbonyl (C=O) groups is 2. The van der Waals surface area contributed by atoms with E-state index >= 15 is 0 Å². The molecule has 0 aliphatic rings. The second-order valence-corrected chi connectivity index (χ2v) is 7.18. The molecule has 0 radical (unpaired) electrons. The molecule has 2 heterocycles. The number of halogens is 2. The van der Waals surface area contributed by atoms with Crippen LogP contribution >= 0.6 is 34.5 Å². The van der Waals surface area contributed by atoms with Crippen molar-refractivity contribution in [2.24, 2.45) is 0 Å². The molecular formula is C16H13Cl2N5O3S. The first kappa shape index (κ1) is 19.3. The van der Waals surface area contributed by atoms with E-state index in [1.165, 1.54) is 22.3 Å². The van der Waals surface area contributed by atoms with Crippen LogP contribution in [0.25, 0.3) is 5.69 Å². The van der Waals surface area contributed by atoms with E-state index in [1.54, 1.807) is 36.6 Å². The monoisotopic (exact) mass is 425 g/mol. The lowest BCUT2D eigenvalue weighted by Crippen LogP contribution is -2.31. The second-order valence-electron chi connectivity index (χ2n) is 5.42. The van der Waals surface area contributed by atoms with Crippen LogP contribution in [0, 0.1) is 0 Å². The molecule has 1 aromatic carbocycles. The number of ether oxygens (including phenoxy) is 1. The number of carbonyl (C=O) groups excluding carboxylic acids is 2. The van der Waals surface area contributed by atoms with Crippen LogP contribution in [0.4, 0.5) is 0 Å². The number of hydrogen-bond acceptors (Lipinski definition) is 7. The van der Waals surface area contributed by atoms with E-state index in [9.17, 15) is 9.59 Å². The van der Waals surface area contributed by atoms with Crippen LogP contribution in [0.3, 0.4) is 0 Å². The van der Waals surface area contributed by atoms with Gasteiger partial charge in [0.05, 0.1) is 11.7 Å². The van der Waals surface area contributed by atoms with Crippen LogP contribution in [0.2, 0.25) is 10.0 Å². The molecule has 1 N–H and O–H groups in total. The molecule has 1 unspecified atom stereocenters. The number of aromatic nitrogens is 4. The summed E-state index contributed by atoms with van der Waals surface area (Å²) < 4.78 is 6.44. The van der Waals surface area contributed by atoms with Crippen molar-refractivity contribution in [3.05, 3.63) is 56.5 Å². The average molecular weight is 426 g/mol. The maximum absolute atomic E-state index is 12.3. The van der Waals surface area contributed by atoms with Crippen molar-refractivity contribution in [1.82, 2.24) is 25.5 Å². The van der Waals surface area contributed by atoms with Crippen molar-refractivity contribution in [2.45, 2.75) is 13.0 Å². The molecule has 0 aliphatic carbocycles. The number of nitrogens with zero attached hydrogens (tertiary/aromatic N) is 4. The molecule has 0 saturated heterocycles. The maximum atomic E-state index is 12.3. The Labute approximate surface area is 168 Å². The zero-order valence-corrected chi connectivity index (χ0v) is 16.3. The van der Waals surface area contributed by atoms with Crippen LogP contribution in [0.1, 0.15) is 28.2 Å². The third-order valence-electron chi connectivity index (χ3n) is 3.57. The quantitative estimate of drug-likeness (QED) is 0.609. The lowest BCUT2D eigenvalue weighted by Gasteiger charge is -2.16. The summed E-state index contributed by atoms with van der Waals surface area (Å²) in [7, 11) is 0. The van der Waals surface area contributed by atoms with Crippen molar-refractivity contribution in [1.29, 1.82) is 0 Å². The topological polar surface area (TPSA) is 99.0 Å². The minimum absolute atomic E-state index is 0.295. The maximum Gasteiger partial charge on any atom is 0.351 e. The smallest absolute Gasteiger partial charge is 0.351 e. The van der Waals surface area contributed by atoms with Gasteiger partial charge in [0.2, 0.25) is 0 Å². The van der Waals surface area contributed by atoms with Gasteiger partial charge in [-0.25, -0.2) is 4.79 Å². The van der Waals surface area contributed by atoms with Gasteiger partial charge in [-0.2, -0.15) is 4.68 Å². The lowest BCUT2D eigenvalue weighted by atomic mass is 10.1. The predicted octanol–water partition coefficient (Wildman–Crippen LogP) is 3.06. The molecule has 0 bridgehead atoms. The van der Waals surface area contributed by atoms with Gasteiger partial charge in [-0.15, -0.1) is 16.4 Å². The van der Waals surface area contributed by atoms with E-state index < -0.39 is 18.5 Å². The highest BCUT2D eigenvalue weighted by Gasteiger charge is 2.19. The summed E-state index contributed by atoms with van der Waals surface area (Å²) in [4.78, 5) is 24.7. The summed E-state index contributed by atoms with van der Waals surface area (Å²) in [6, 6.07) is 6.31. The Morgan fingerprint density at radius 2 is 2.15 bits per heavy atom. The Balaban J connectivity index is 1.58. The highest BCUT2D eigenvalue weighted by molar-refractivity contribution is 7.12. The highest BCUT2D eigenvalue weighted by atomic mass is 35.5. The molecule has 3 aromatic rings. The Hall–Kier alpha value is -2.49. The molecule has 0 saturated carbocycles. The average Bonchev–Trinajstić information content (AvgIpc) is 3.30. The summed E-state index contributed by atoms with van der Waals surface area (Å²) >= 11 is 13.2. The Morgan fingerprint density at radius 3 is 2.85 bits per heavy atom. The summed E-state index contributed by atoms with van der Waals surface area (Å²) in [5, 5.41) is 16.2. The number of thiophene rings is 1. The molecule has 3 rings (SSSR count). The van der Waals surface area contributed by atoms with Gasteiger partial charge in [0.15, 0.2) is 6.61 Å². The zero-order valence-electron chi connectivity index (χ0n) is 13.9. The van der Waals surface area contributed by atoms with Crippen molar-refractivity contribution < 1.29 is 14.3 Å². The van der Waals surface area contributed by atoms with Crippen LogP contribution in [0.15, 0.2) is 36.0 Å². The molecule has 27 heavy (non-hydrogen) atoms. The summed E-state index contributed by atoms with van der Waals surface area (Å²) in [5.74, 6) is -1.09. The van der Waals surface area contributed by atoms with Gasteiger partial charge in [0, 0.05) is 10.0 Å². The molecule has 8 nitrogen and oxygen atoms in total. The predicted molar refractivity (Wildman–Crippen MR) is 100 cm³/mol. The molecule has 0 aliphatic heterocycles. The van der Waals surface area contributed by atoms with Gasteiger partial charge in [0.1, 0.15) is 11.2 Å². The van der Waals surface area contributed by atoms with Gasteiger partial charge in [0.25, 0.3) is 5.91 Å². The van der Waals surface area contributed by atoms with Gasteiger partial charge in [-0.05, 0) is 46.5 Å². The number of esters is 1. The molecule has 11 heteroatoms. The van der Waals surface area contributed by atoms with E-state index in [2.05, 4.69) is 20.8 Å². The number of rotatable bonds is 6. The molecular weight excluding hydrogens is 413 g/mol. The number of benzene rings is 1. The number of nitrogens with one attached hydrogen (secondary N) is 1. The first-order valence-electron chi connectivity index (χ1n) is 7.68. The standard InChI is InChI=1S/C16H13Cl2N5O3S/c1-9(11-3-2-10(17)6-12(11)18)20-14(24)7-26-16(25)15-13(4-5-27-15)23-8-19-21-22-23/h2-6,8-9H,7H2,1H3,(H,20,24). The fourth-order valence-corrected chi connectivity index (χ4v) is 3.66. The summed E-state index contributed by atoms with van der Waals surface area (Å²) in [6.45, 7) is 1.34. The van der Waals surface area contributed by atoms with Crippen LogP contribution in [-0.4, -0.2) is 38.7 Å². The van der Waals surface area contributed by atoms with Gasteiger partial charge in [-0.3, -0.25) is 4.79 Å². The van der Waals surface area contributed by atoms with Crippen molar-refractivity contribution in [2.75, 3.05) is 6.61 Å². The van der Waals surface area contributed by atoms with E-state index in [4.69, 9.17) is 27.9 Å². The van der Waals surface area contributed by atoms with Crippen LogP contribution in [-0.2, 0) is 9.53 Å². The van der Waals surface area contributed by atoms with Gasteiger partial charge in [-0.1, -0.05) is 29.3 Å². The molecule has 140 valence electrons. The van der Waals surface area contributed by atoms with Crippen LogP contribution in [0.5, 0.6) is 0 Å². The fourth-order valence-electron chi connectivity index (χ4n) is 2.32.